The molecule has 1 unspecified atom stereocenters. The second kappa shape index (κ2) is 4.63. The van der Waals surface area contributed by atoms with Gasteiger partial charge in [0.25, 0.3) is 5.91 Å². The molecule has 1 saturated carbocycles. The highest BCUT2D eigenvalue weighted by molar-refractivity contribution is 5.97. The zero-order valence-electron chi connectivity index (χ0n) is 11.3. The van der Waals surface area contributed by atoms with Gasteiger partial charge in [-0.05, 0) is 25.2 Å². The Morgan fingerprint density at radius 3 is 2.78 bits per heavy atom. The van der Waals surface area contributed by atoms with Gasteiger partial charge in [-0.2, -0.15) is 5.10 Å². The van der Waals surface area contributed by atoms with Crippen molar-refractivity contribution >= 4 is 11.6 Å². The maximum Gasteiger partial charge on any atom is 0.274 e. The van der Waals surface area contributed by atoms with Crippen molar-refractivity contribution in [3.05, 3.63) is 11.4 Å². The molecule has 1 aliphatic carbocycles. The number of nitrogens with one attached hydrogen (secondary N) is 2. The van der Waals surface area contributed by atoms with Crippen LogP contribution in [0.3, 0.4) is 0 Å². The van der Waals surface area contributed by atoms with Gasteiger partial charge in [0.1, 0.15) is 0 Å². The fourth-order valence-electron chi connectivity index (χ4n) is 2.60. The Bertz CT molecular complexity index is 450. The first kappa shape index (κ1) is 12.9. The number of aromatic nitrogens is 2. The minimum absolute atomic E-state index is 0.147. The van der Waals surface area contributed by atoms with Crippen molar-refractivity contribution in [1.82, 2.24) is 15.5 Å². The van der Waals surface area contributed by atoms with Gasteiger partial charge in [-0.1, -0.05) is 26.7 Å². The van der Waals surface area contributed by atoms with E-state index in [-0.39, 0.29) is 17.4 Å². The van der Waals surface area contributed by atoms with Crippen LogP contribution in [0.2, 0.25) is 0 Å². The van der Waals surface area contributed by atoms with Crippen molar-refractivity contribution < 1.29 is 4.79 Å². The molecule has 0 radical (unpaired) electrons. The summed E-state index contributed by atoms with van der Waals surface area (Å²) >= 11 is 0. The van der Waals surface area contributed by atoms with Crippen LogP contribution < -0.4 is 11.1 Å². The summed E-state index contributed by atoms with van der Waals surface area (Å²) in [6.45, 7) is 6.22. The SMILES string of the molecule is Cc1[nH]nc(C(=O)NC2CCCCC2(C)C)c1N. The molecule has 2 rings (SSSR count). The van der Waals surface area contributed by atoms with E-state index in [0.29, 0.717) is 11.4 Å². The number of nitrogen functional groups attached to an aromatic ring is 1. The van der Waals surface area contributed by atoms with Gasteiger partial charge in [0, 0.05) is 6.04 Å². The van der Waals surface area contributed by atoms with Gasteiger partial charge in [-0.25, -0.2) is 0 Å². The number of H-pyrrole nitrogens is 1. The summed E-state index contributed by atoms with van der Waals surface area (Å²) in [5, 5.41) is 9.78. The predicted molar refractivity (Wildman–Crippen MR) is 71.2 cm³/mol. The number of rotatable bonds is 2. The first-order chi connectivity index (χ1) is 8.42. The maximum absolute atomic E-state index is 12.2. The van der Waals surface area contributed by atoms with E-state index in [0.717, 1.165) is 18.5 Å². The third-order valence-electron chi connectivity index (χ3n) is 4.02. The van der Waals surface area contributed by atoms with E-state index in [1.54, 1.807) is 0 Å². The summed E-state index contributed by atoms with van der Waals surface area (Å²) in [6.07, 6.45) is 4.58. The van der Waals surface area contributed by atoms with Gasteiger partial charge in [0.15, 0.2) is 5.69 Å². The summed E-state index contributed by atoms with van der Waals surface area (Å²) in [7, 11) is 0. The average molecular weight is 250 g/mol. The molecule has 1 aromatic heterocycles. The Labute approximate surface area is 108 Å². The Hall–Kier alpha value is -1.52. The molecular formula is C13H22N4O. The van der Waals surface area contributed by atoms with E-state index < -0.39 is 0 Å². The lowest BCUT2D eigenvalue weighted by molar-refractivity contribution is 0.0849. The normalized spacial score (nSPS) is 22.7. The van der Waals surface area contributed by atoms with Crippen LogP contribution in [0.1, 0.15) is 55.7 Å². The average Bonchev–Trinajstić information content (AvgIpc) is 2.63. The molecule has 0 spiro atoms. The number of carbonyl (C=O) groups excluding carboxylic acids is 1. The standard InChI is InChI=1S/C13H22N4O/c1-8-10(14)11(17-16-8)12(18)15-9-6-4-5-7-13(9,2)3/h9H,4-7,14H2,1-3H3,(H,15,18)(H,16,17). The number of nitrogens with zero attached hydrogens (tertiary/aromatic N) is 1. The highest BCUT2D eigenvalue weighted by Crippen LogP contribution is 2.35. The fraction of sp³-hybridized carbons (Fsp3) is 0.692. The molecule has 4 N–H and O–H groups in total. The number of amides is 1. The number of hydrogen-bond acceptors (Lipinski definition) is 3. The number of hydrogen-bond donors (Lipinski definition) is 3. The van der Waals surface area contributed by atoms with Crippen LogP contribution in [0.25, 0.3) is 0 Å². The van der Waals surface area contributed by atoms with Crippen LogP contribution in [0.4, 0.5) is 5.69 Å². The molecule has 0 aromatic carbocycles. The topological polar surface area (TPSA) is 83.8 Å². The van der Waals surface area contributed by atoms with E-state index in [2.05, 4.69) is 29.4 Å². The summed E-state index contributed by atoms with van der Waals surface area (Å²) in [5.41, 5.74) is 7.47. The van der Waals surface area contributed by atoms with E-state index in [9.17, 15) is 4.79 Å². The van der Waals surface area contributed by atoms with Crippen molar-refractivity contribution in [2.24, 2.45) is 5.41 Å². The fourth-order valence-corrected chi connectivity index (χ4v) is 2.60. The molecule has 1 amide bonds. The van der Waals surface area contributed by atoms with Crippen molar-refractivity contribution in [2.75, 3.05) is 5.73 Å². The molecule has 1 aromatic rings. The Kier molecular flexibility index (Phi) is 3.32. The van der Waals surface area contributed by atoms with Gasteiger partial charge >= 0.3 is 0 Å². The van der Waals surface area contributed by atoms with Crippen LogP contribution in [0.15, 0.2) is 0 Å². The Balaban J connectivity index is 2.09. The highest BCUT2D eigenvalue weighted by atomic mass is 16.2. The third kappa shape index (κ3) is 2.35. The van der Waals surface area contributed by atoms with Crippen molar-refractivity contribution in [3.8, 4) is 0 Å². The van der Waals surface area contributed by atoms with E-state index in [4.69, 9.17) is 5.73 Å². The predicted octanol–water partition coefficient (Wildman–Crippen LogP) is 2.00. The summed E-state index contributed by atoms with van der Waals surface area (Å²) in [6, 6.07) is 0.204. The minimum atomic E-state index is -0.170. The van der Waals surface area contributed by atoms with Gasteiger partial charge in [-0.3, -0.25) is 9.89 Å². The second-order valence-corrected chi connectivity index (χ2v) is 5.87. The molecule has 0 bridgehead atoms. The summed E-state index contributed by atoms with van der Waals surface area (Å²) in [4.78, 5) is 12.2. The first-order valence-corrected chi connectivity index (χ1v) is 6.53. The molecule has 1 heterocycles. The quantitative estimate of drug-likeness (QED) is 0.750. The lowest BCUT2D eigenvalue weighted by Gasteiger charge is -2.38. The van der Waals surface area contributed by atoms with Gasteiger partial charge in [-0.15, -0.1) is 0 Å². The maximum atomic E-state index is 12.2. The first-order valence-electron chi connectivity index (χ1n) is 6.53. The molecule has 1 atom stereocenters. The number of aromatic amines is 1. The van der Waals surface area contributed by atoms with Crippen molar-refractivity contribution in [1.29, 1.82) is 0 Å². The van der Waals surface area contributed by atoms with Gasteiger partial charge in [0.2, 0.25) is 0 Å². The number of carbonyl (C=O) groups is 1. The monoisotopic (exact) mass is 250 g/mol. The smallest absolute Gasteiger partial charge is 0.274 e. The van der Waals surface area contributed by atoms with Crippen molar-refractivity contribution in [2.45, 2.75) is 52.5 Å². The minimum Gasteiger partial charge on any atom is -0.395 e. The zero-order chi connectivity index (χ0) is 13.3. The summed E-state index contributed by atoms with van der Waals surface area (Å²) < 4.78 is 0. The van der Waals surface area contributed by atoms with E-state index in [1.807, 2.05) is 6.92 Å². The molecule has 5 heteroatoms. The molecule has 100 valence electrons. The second-order valence-electron chi connectivity index (χ2n) is 5.87. The largest absolute Gasteiger partial charge is 0.395 e. The van der Waals surface area contributed by atoms with Crippen LogP contribution >= 0.6 is 0 Å². The molecule has 0 aliphatic heterocycles. The highest BCUT2D eigenvalue weighted by Gasteiger charge is 2.34. The van der Waals surface area contributed by atoms with Gasteiger partial charge < -0.3 is 11.1 Å². The van der Waals surface area contributed by atoms with E-state index in [1.165, 1.54) is 12.8 Å². The molecular weight excluding hydrogens is 228 g/mol. The molecule has 0 saturated heterocycles. The van der Waals surface area contributed by atoms with E-state index >= 15 is 0 Å². The lowest BCUT2D eigenvalue weighted by Crippen LogP contribution is -2.47. The summed E-state index contributed by atoms with van der Waals surface area (Å²) in [5.74, 6) is -0.170. The molecule has 5 nitrogen and oxygen atoms in total. The number of anilines is 1. The van der Waals surface area contributed by atoms with Crippen LogP contribution in [-0.4, -0.2) is 22.1 Å². The zero-order valence-corrected chi connectivity index (χ0v) is 11.3. The Morgan fingerprint density at radius 2 is 2.22 bits per heavy atom. The van der Waals surface area contributed by atoms with Crippen LogP contribution in [0.5, 0.6) is 0 Å². The molecule has 1 fully saturated rings. The van der Waals surface area contributed by atoms with Crippen LogP contribution in [0, 0.1) is 12.3 Å². The lowest BCUT2D eigenvalue weighted by atomic mass is 9.73. The van der Waals surface area contributed by atoms with Gasteiger partial charge in [0.05, 0.1) is 11.4 Å². The van der Waals surface area contributed by atoms with Crippen molar-refractivity contribution in [3.63, 3.8) is 0 Å². The molecule has 18 heavy (non-hydrogen) atoms. The Morgan fingerprint density at radius 1 is 1.50 bits per heavy atom. The number of nitrogens with two attached hydrogens (primary N) is 1. The third-order valence-corrected chi connectivity index (χ3v) is 4.02. The molecule has 1 aliphatic rings. The number of aryl methyl sites for hydroxylation is 1. The van der Waals surface area contributed by atoms with Crippen LogP contribution in [-0.2, 0) is 0 Å².